The minimum atomic E-state index is -0.286. The van der Waals surface area contributed by atoms with Gasteiger partial charge in [-0.2, -0.15) is 0 Å². The van der Waals surface area contributed by atoms with E-state index in [1.54, 1.807) is 30.3 Å². The summed E-state index contributed by atoms with van der Waals surface area (Å²) in [6.45, 7) is 8.68. The molecule has 0 aliphatic carbocycles. The maximum atomic E-state index is 11.7. The fourth-order valence-electron chi connectivity index (χ4n) is 1.31. The Balaban J connectivity index is 2.45. The lowest BCUT2D eigenvalue weighted by Crippen LogP contribution is -2.08. The lowest BCUT2D eigenvalue weighted by molar-refractivity contribution is 0.0488. The van der Waals surface area contributed by atoms with Crippen LogP contribution in [0.3, 0.4) is 0 Å². The summed E-state index contributed by atoms with van der Waals surface area (Å²) in [6, 6.07) is 6.91. The van der Waals surface area contributed by atoms with Gasteiger partial charge in [-0.1, -0.05) is 26.5 Å². The first-order valence-corrected chi connectivity index (χ1v) is 6.14. The molecule has 0 bridgehead atoms. The largest absolute Gasteiger partial charge is 0.490 e. The van der Waals surface area contributed by atoms with Crippen LogP contribution in [-0.2, 0) is 4.74 Å². The standard InChI is InChI=1S/C15H20O3/c1-4-10-17-14-7-5-13(6-8-14)15(16)18-11-9-12(2)3/h4-8,12H,1,9-11H2,2-3H3. The third kappa shape index (κ3) is 5.04. The van der Waals surface area contributed by atoms with E-state index in [1.807, 2.05) is 0 Å². The summed E-state index contributed by atoms with van der Waals surface area (Å²) >= 11 is 0. The minimum Gasteiger partial charge on any atom is -0.490 e. The van der Waals surface area contributed by atoms with Gasteiger partial charge in [0.25, 0.3) is 0 Å². The smallest absolute Gasteiger partial charge is 0.338 e. The van der Waals surface area contributed by atoms with Crippen molar-refractivity contribution in [2.24, 2.45) is 5.92 Å². The van der Waals surface area contributed by atoms with Crippen LogP contribution in [0.5, 0.6) is 5.75 Å². The highest BCUT2D eigenvalue weighted by atomic mass is 16.5. The summed E-state index contributed by atoms with van der Waals surface area (Å²) in [5.74, 6) is 0.965. The Morgan fingerprint density at radius 1 is 1.33 bits per heavy atom. The number of hydrogen-bond acceptors (Lipinski definition) is 3. The molecule has 0 aliphatic heterocycles. The fraction of sp³-hybridized carbons (Fsp3) is 0.400. The van der Waals surface area contributed by atoms with Crippen molar-refractivity contribution in [3.05, 3.63) is 42.5 Å². The quantitative estimate of drug-likeness (QED) is 0.547. The van der Waals surface area contributed by atoms with Crippen molar-refractivity contribution in [2.75, 3.05) is 13.2 Å². The Kier molecular flexibility index (Phi) is 5.98. The first-order chi connectivity index (χ1) is 8.63. The molecule has 0 atom stereocenters. The molecular weight excluding hydrogens is 228 g/mol. The van der Waals surface area contributed by atoms with Gasteiger partial charge in [0.1, 0.15) is 12.4 Å². The lowest BCUT2D eigenvalue weighted by Gasteiger charge is -2.07. The molecule has 0 saturated carbocycles. The summed E-state index contributed by atoms with van der Waals surface area (Å²) in [5, 5.41) is 0. The van der Waals surface area contributed by atoms with E-state index in [-0.39, 0.29) is 5.97 Å². The third-order valence-corrected chi connectivity index (χ3v) is 2.39. The van der Waals surface area contributed by atoms with Crippen molar-refractivity contribution < 1.29 is 14.3 Å². The van der Waals surface area contributed by atoms with E-state index in [1.165, 1.54) is 0 Å². The highest BCUT2D eigenvalue weighted by molar-refractivity contribution is 5.89. The van der Waals surface area contributed by atoms with E-state index in [0.29, 0.717) is 30.4 Å². The number of esters is 1. The molecule has 98 valence electrons. The normalized spacial score (nSPS) is 10.2. The molecule has 1 rings (SSSR count). The Morgan fingerprint density at radius 3 is 2.56 bits per heavy atom. The molecule has 1 aromatic rings. The summed E-state index contributed by atoms with van der Waals surface area (Å²) in [5.41, 5.74) is 0.546. The maximum Gasteiger partial charge on any atom is 0.338 e. The average Bonchev–Trinajstić information content (AvgIpc) is 2.36. The van der Waals surface area contributed by atoms with Crippen molar-refractivity contribution in [2.45, 2.75) is 20.3 Å². The zero-order valence-corrected chi connectivity index (χ0v) is 11.0. The monoisotopic (exact) mass is 248 g/mol. The van der Waals surface area contributed by atoms with Crippen LogP contribution in [0.4, 0.5) is 0 Å². The summed E-state index contributed by atoms with van der Waals surface area (Å²) in [6.07, 6.45) is 2.56. The SMILES string of the molecule is C=CCOc1ccc(C(=O)OCCC(C)C)cc1. The van der Waals surface area contributed by atoms with E-state index >= 15 is 0 Å². The van der Waals surface area contributed by atoms with Gasteiger partial charge >= 0.3 is 5.97 Å². The highest BCUT2D eigenvalue weighted by Gasteiger charge is 2.07. The van der Waals surface area contributed by atoms with Crippen LogP contribution in [0, 0.1) is 5.92 Å². The van der Waals surface area contributed by atoms with Crippen LogP contribution in [-0.4, -0.2) is 19.2 Å². The van der Waals surface area contributed by atoms with Gasteiger partial charge < -0.3 is 9.47 Å². The van der Waals surface area contributed by atoms with E-state index in [2.05, 4.69) is 20.4 Å². The van der Waals surface area contributed by atoms with Crippen molar-refractivity contribution in [1.82, 2.24) is 0 Å². The summed E-state index contributed by atoms with van der Waals surface area (Å²) in [7, 11) is 0. The molecule has 0 aromatic heterocycles. The van der Waals surface area contributed by atoms with Crippen LogP contribution >= 0.6 is 0 Å². The van der Waals surface area contributed by atoms with E-state index in [4.69, 9.17) is 9.47 Å². The number of rotatable bonds is 7. The topological polar surface area (TPSA) is 35.5 Å². The highest BCUT2D eigenvalue weighted by Crippen LogP contribution is 2.13. The molecule has 0 amide bonds. The number of carbonyl (C=O) groups excluding carboxylic acids is 1. The van der Waals surface area contributed by atoms with Gasteiger partial charge in [-0.3, -0.25) is 0 Å². The molecule has 0 N–H and O–H groups in total. The third-order valence-electron chi connectivity index (χ3n) is 2.39. The summed E-state index contributed by atoms with van der Waals surface area (Å²) < 4.78 is 10.5. The second kappa shape index (κ2) is 7.54. The zero-order valence-electron chi connectivity index (χ0n) is 11.0. The number of ether oxygens (including phenoxy) is 2. The van der Waals surface area contributed by atoms with Gasteiger partial charge in [-0.05, 0) is 36.6 Å². The lowest BCUT2D eigenvalue weighted by atomic mass is 10.1. The van der Waals surface area contributed by atoms with Crippen LogP contribution in [0.2, 0.25) is 0 Å². The molecule has 0 saturated heterocycles. The first kappa shape index (κ1) is 14.3. The molecule has 3 nitrogen and oxygen atoms in total. The van der Waals surface area contributed by atoms with Gasteiger partial charge in [-0.25, -0.2) is 4.79 Å². The molecule has 0 heterocycles. The van der Waals surface area contributed by atoms with Crippen LogP contribution in [0.15, 0.2) is 36.9 Å². The van der Waals surface area contributed by atoms with E-state index in [0.717, 1.165) is 6.42 Å². The Bertz CT molecular complexity index is 379. The van der Waals surface area contributed by atoms with Crippen molar-refractivity contribution in [1.29, 1.82) is 0 Å². The van der Waals surface area contributed by atoms with Crippen LogP contribution < -0.4 is 4.74 Å². The maximum absolute atomic E-state index is 11.7. The number of benzene rings is 1. The van der Waals surface area contributed by atoms with Gasteiger partial charge in [0, 0.05) is 0 Å². The van der Waals surface area contributed by atoms with Crippen LogP contribution in [0.25, 0.3) is 0 Å². The van der Waals surface area contributed by atoms with Crippen molar-refractivity contribution in [3.8, 4) is 5.75 Å². The zero-order chi connectivity index (χ0) is 13.4. The number of hydrogen-bond donors (Lipinski definition) is 0. The molecule has 3 heteroatoms. The number of carbonyl (C=O) groups is 1. The van der Waals surface area contributed by atoms with Gasteiger partial charge in [0.2, 0.25) is 0 Å². The molecule has 0 aliphatic rings. The molecular formula is C15H20O3. The second-order valence-corrected chi connectivity index (χ2v) is 4.44. The van der Waals surface area contributed by atoms with E-state index in [9.17, 15) is 4.79 Å². The van der Waals surface area contributed by atoms with Crippen molar-refractivity contribution >= 4 is 5.97 Å². The molecule has 1 aromatic carbocycles. The Labute approximate surface area is 108 Å². The molecule has 0 radical (unpaired) electrons. The van der Waals surface area contributed by atoms with Gasteiger partial charge in [0.05, 0.1) is 12.2 Å². The van der Waals surface area contributed by atoms with E-state index < -0.39 is 0 Å². The van der Waals surface area contributed by atoms with Gasteiger partial charge in [0.15, 0.2) is 0 Å². The van der Waals surface area contributed by atoms with Crippen molar-refractivity contribution in [3.63, 3.8) is 0 Å². The summed E-state index contributed by atoms with van der Waals surface area (Å²) in [4.78, 5) is 11.7. The fourth-order valence-corrected chi connectivity index (χ4v) is 1.31. The predicted octanol–water partition coefficient (Wildman–Crippen LogP) is 3.45. The average molecular weight is 248 g/mol. The van der Waals surface area contributed by atoms with Crippen LogP contribution in [0.1, 0.15) is 30.6 Å². The first-order valence-electron chi connectivity index (χ1n) is 6.14. The molecule has 0 fully saturated rings. The molecule has 18 heavy (non-hydrogen) atoms. The van der Waals surface area contributed by atoms with Gasteiger partial charge in [-0.15, -0.1) is 0 Å². The molecule has 0 unspecified atom stereocenters. The Morgan fingerprint density at radius 2 is 2.00 bits per heavy atom. The minimum absolute atomic E-state index is 0.286. The predicted molar refractivity (Wildman–Crippen MR) is 71.9 cm³/mol. The molecule has 0 spiro atoms. The Hall–Kier alpha value is -1.77. The second-order valence-electron chi connectivity index (χ2n) is 4.44.